The fraction of sp³-hybridized carbons (Fsp3) is 0. The number of allylic oxidation sites excluding steroid dienone is 2. The van der Waals surface area contributed by atoms with Crippen LogP contribution >= 0.6 is 24.0 Å². The zero-order valence-corrected chi connectivity index (χ0v) is 12.1. The van der Waals surface area contributed by atoms with Gasteiger partial charge >= 0.3 is 0 Å². The summed E-state index contributed by atoms with van der Waals surface area (Å²) in [6.07, 6.45) is 5.64. The number of carbonyl (C=O) groups is 1. The molecule has 0 bridgehead atoms. The number of carbonyl (C=O) groups excluding carboxylic acids is 1. The van der Waals surface area contributed by atoms with E-state index in [9.17, 15) is 4.79 Å². The van der Waals surface area contributed by atoms with Crippen molar-refractivity contribution in [2.45, 2.75) is 0 Å². The number of thioether (sulfide) groups is 1. The van der Waals surface area contributed by atoms with Gasteiger partial charge in [-0.3, -0.25) is 4.79 Å². The van der Waals surface area contributed by atoms with Gasteiger partial charge in [0, 0.05) is 0 Å². The van der Waals surface area contributed by atoms with E-state index < -0.39 is 0 Å². The van der Waals surface area contributed by atoms with Gasteiger partial charge < -0.3 is 5.32 Å². The molecule has 0 aromatic heterocycles. The zero-order chi connectivity index (χ0) is 13.9. The standard InChI is InChI=1S/C16H11NOS2/c18-15-14(20-16(19)17-15)7-3-4-11-8-9-12-5-1-2-6-13(12)10-11/h1-10H,(H,17,18,19). The van der Waals surface area contributed by atoms with Crippen molar-refractivity contribution in [1.82, 2.24) is 5.32 Å². The number of rotatable bonds is 2. The molecule has 0 radical (unpaired) electrons. The fourth-order valence-electron chi connectivity index (χ4n) is 1.99. The predicted octanol–water partition coefficient (Wildman–Crippen LogP) is 3.88. The summed E-state index contributed by atoms with van der Waals surface area (Å²) in [4.78, 5) is 12.1. The zero-order valence-electron chi connectivity index (χ0n) is 10.5. The molecule has 2 aromatic rings. The van der Waals surface area contributed by atoms with Crippen molar-refractivity contribution >= 4 is 51.1 Å². The van der Waals surface area contributed by atoms with Gasteiger partial charge in [-0.15, -0.1) is 0 Å². The average Bonchev–Trinajstić information content (AvgIpc) is 2.77. The molecule has 0 aliphatic carbocycles. The van der Waals surface area contributed by atoms with Crippen LogP contribution < -0.4 is 5.32 Å². The van der Waals surface area contributed by atoms with Gasteiger partial charge in [-0.2, -0.15) is 0 Å². The van der Waals surface area contributed by atoms with Crippen molar-refractivity contribution in [2.24, 2.45) is 0 Å². The lowest BCUT2D eigenvalue weighted by molar-refractivity contribution is -0.115. The van der Waals surface area contributed by atoms with E-state index in [-0.39, 0.29) is 5.91 Å². The smallest absolute Gasteiger partial charge is 0.263 e. The Morgan fingerprint density at radius 3 is 2.65 bits per heavy atom. The van der Waals surface area contributed by atoms with Crippen LogP contribution in [0.5, 0.6) is 0 Å². The first-order valence-corrected chi connectivity index (χ1v) is 7.35. The normalized spacial score (nSPS) is 17.3. The molecule has 0 atom stereocenters. The Hall–Kier alpha value is -1.91. The fourth-order valence-corrected chi connectivity index (χ4v) is 2.99. The molecule has 2 aromatic carbocycles. The molecule has 0 unspecified atom stereocenters. The van der Waals surface area contributed by atoms with Gasteiger partial charge in [0.05, 0.1) is 4.91 Å². The highest BCUT2D eigenvalue weighted by Gasteiger charge is 2.20. The third kappa shape index (κ3) is 2.81. The molecule has 1 saturated heterocycles. The Morgan fingerprint density at radius 2 is 1.90 bits per heavy atom. The lowest BCUT2D eigenvalue weighted by Gasteiger charge is -1.98. The molecule has 1 N–H and O–H groups in total. The number of benzene rings is 2. The SMILES string of the molecule is O=C1NC(=S)SC1=CC=Cc1ccc2ccccc2c1. The van der Waals surface area contributed by atoms with Crippen LogP contribution in [0, 0.1) is 0 Å². The predicted molar refractivity (Wildman–Crippen MR) is 89.4 cm³/mol. The van der Waals surface area contributed by atoms with Gasteiger partial charge in [0.2, 0.25) is 0 Å². The van der Waals surface area contributed by atoms with E-state index >= 15 is 0 Å². The highest BCUT2D eigenvalue weighted by atomic mass is 32.2. The number of thiocarbonyl (C=S) groups is 1. The highest BCUT2D eigenvalue weighted by molar-refractivity contribution is 8.26. The summed E-state index contributed by atoms with van der Waals surface area (Å²) < 4.78 is 0.514. The molecule has 1 heterocycles. The quantitative estimate of drug-likeness (QED) is 0.673. The highest BCUT2D eigenvalue weighted by Crippen LogP contribution is 2.23. The first-order valence-electron chi connectivity index (χ1n) is 6.13. The van der Waals surface area contributed by atoms with Crippen molar-refractivity contribution < 1.29 is 4.79 Å². The van der Waals surface area contributed by atoms with Gasteiger partial charge in [-0.25, -0.2) is 0 Å². The maximum atomic E-state index is 11.5. The molecule has 0 spiro atoms. The largest absolute Gasteiger partial charge is 0.307 e. The molecule has 1 fully saturated rings. The maximum absolute atomic E-state index is 11.5. The molecule has 1 aliphatic rings. The lowest BCUT2D eigenvalue weighted by atomic mass is 10.1. The second-order valence-corrected chi connectivity index (χ2v) is 6.06. The molecule has 98 valence electrons. The Bertz CT molecular complexity index is 762. The maximum Gasteiger partial charge on any atom is 0.263 e. The van der Waals surface area contributed by atoms with Gasteiger partial charge in [-0.05, 0) is 28.5 Å². The molecule has 1 amide bonds. The molecule has 4 heteroatoms. The Morgan fingerprint density at radius 1 is 1.10 bits per heavy atom. The summed E-state index contributed by atoms with van der Waals surface area (Å²) in [5.74, 6) is -0.122. The van der Waals surface area contributed by atoms with Crippen molar-refractivity contribution in [3.05, 3.63) is 65.1 Å². The van der Waals surface area contributed by atoms with E-state index in [0.29, 0.717) is 9.23 Å². The van der Waals surface area contributed by atoms with Crippen LogP contribution in [0.4, 0.5) is 0 Å². The number of hydrogen-bond donors (Lipinski definition) is 1. The Labute approximate surface area is 126 Å². The Kier molecular flexibility index (Phi) is 3.67. The van der Waals surface area contributed by atoms with Crippen molar-refractivity contribution in [3.8, 4) is 0 Å². The second-order valence-electron chi connectivity index (χ2n) is 4.34. The van der Waals surface area contributed by atoms with E-state index in [0.717, 1.165) is 5.56 Å². The monoisotopic (exact) mass is 297 g/mol. The first-order chi connectivity index (χ1) is 9.72. The van der Waals surface area contributed by atoms with Gasteiger partial charge in [0.1, 0.15) is 4.32 Å². The van der Waals surface area contributed by atoms with E-state index in [4.69, 9.17) is 12.2 Å². The molecule has 3 rings (SSSR count). The summed E-state index contributed by atoms with van der Waals surface area (Å²) in [5.41, 5.74) is 1.10. The number of hydrogen-bond acceptors (Lipinski definition) is 3. The van der Waals surface area contributed by atoms with E-state index in [1.165, 1.54) is 22.5 Å². The summed E-state index contributed by atoms with van der Waals surface area (Å²) in [6.45, 7) is 0. The lowest BCUT2D eigenvalue weighted by Crippen LogP contribution is -2.17. The third-order valence-corrected chi connectivity index (χ3v) is 4.13. The van der Waals surface area contributed by atoms with Crippen molar-refractivity contribution in [1.29, 1.82) is 0 Å². The van der Waals surface area contributed by atoms with Crippen molar-refractivity contribution in [2.75, 3.05) is 0 Å². The van der Waals surface area contributed by atoms with Crippen LogP contribution in [0.1, 0.15) is 5.56 Å². The minimum absolute atomic E-state index is 0.122. The second kappa shape index (κ2) is 5.61. The van der Waals surface area contributed by atoms with Crippen LogP contribution in [0.2, 0.25) is 0 Å². The minimum Gasteiger partial charge on any atom is -0.307 e. The molecule has 1 aliphatic heterocycles. The van der Waals surface area contributed by atoms with Gasteiger partial charge in [0.15, 0.2) is 0 Å². The summed E-state index contributed by atoms with van der Waals surface area (Å²) in [7, 11) is 0. The van der Waals surface area contributed by atoms with E-state index in [2.05, 4.69) is 35.6 Å². The van der Waals surface area contributed by atoms with Crippen LogP contribution in [0.15, 0.2) is 59.5 Å². The summed E-state index contributed by atoms with van der Waals surface area (Å²) >= 11 is 6.23. The topological polar surface area (TPSA) is 29.1 Å². The summed E-state index contributed by atoms with van der Waals surface area (Å²) in [5, 5.41) is 5.02. The number of amides is 1. The number of fused-ring (bicyclic) bond motifs is 1. The van der Waals surface area contributed by atoms with Crippen LogP contribution in [-0.4, -0.2) is 10.2 Å². The van der Waals surface area contributed by atoms with Gasteiger partial charge in [0.25, 0.3) is 5.91 Å². The van der Waals surface area contributed by atoms with Crippen molar-refractivity contribution in [3.63, 3.8) is 0 Å². The van der Waals surface area contributed by atoms with E-state index in [1.807, 2.05) is 24.3 Å². The third-order valence-electron chi connectivity index (χ3n) is 2.95. The summed E-state index contributed by atoms with van der Waals surface area (Å²) in [6, 6.07) is 14.5. The van der Waals surface area contributed by atoms with Crippen LogP contribution in [-0.2, 0) is 4.79 Å². The van der Waals surface area contributed by atoms with E-state index in [1.54, 1.807) is 6.08 Å². The molecular weight excluding hydrogens is 286 g/mol. The number of nitrogens with one attached hydrogen (secondary N) is 1. The molecular formula is C16H11NOS2. The molecule has 2 nitrogen and oxygen atoms in total. The average molecular weight is 297 g/mol. The van der Waals surface area contributed by atoms with Crippen LogP contribution in [0.3, 0.4) is 0 Å². The van der Waals surface area contributed by atoms with Crippen LogP contribution in [0.25, 0.3) is 16.8 Å². The Balaban J connectivity index is 1.82. The minimum atomic E-state index is -0.122. The molecule has 0 saturated carbocycles. The van der Waals surface area contributed by atoms with Gasteiger partial charge in [-0.1, -0.05) is 72.5 Å². The first kappa shape index (κ1) is 13.1. The molecule has 20 heavy (non-hydrogen) atoms.